The van der Waals surface area contributed by atoms with Crippen LogP contribution in [0.15, 0.2) is 71.9 Å². The number of anilines is 1. The van der Waals surface area contributed by atoms with E-state index < -0.39 is 0 Å². The van der Waals surface area contributed by atoms with Crippen LogP contribution in [0.3, 0.4) is 0 Å². The molecule has 25 heavy (non-hydrogen) atoms. The van der Waals surface area contributed by atoms with Crippen LogP contribution in [0, 0.1) is 6.92 Å². The molecule has 0 aliphatic rings. The van der Waals surface area contributed by atoms with Gasteiger partial charge in [0.2, 0.25) is 0 Å². The average Bonchev–Trinajstić information content (AvgIpc) is 2.64. The van der Waals surface area contributed by atoms with Gasteiger partial charge < -0.3 is 5.32 Å². The van der Waals surface area contributed by atoms with Gasteiger partial charge in [-0.2, -0.15) is 0 Å². The maximum absolute atomic E-state index is 12.7. The number of carbonyl (C=O) groups is 1. The zero-order chi connectivity index (χ0) is 17.6. The molecule has 5 heteroatoms. The van der Waals surface area contributed by atoms with Gasteiger partial charge in [-0.15, -0.1) is 11.8 Å². The van der Waals surface area contributed by atoms with Crippen molar-refractivity contribution in [2.75, 3.05) is 5.32 Å². The van der Waals surface area contributed by atoms with Crippen molar-refractivity contribution in [3.05, 3.63) is 88.7 Å². The van der Waals surface area contributed by atoms with E-state index >= 15 is 0 Å². The number of carbonyl (C=O) groups excluding carboxylic acids is 1. The van der Waals surface area contributed by atoms with Crippen LogP contribution in [0.4, 0.5) is 5.69 Å². The van der Waals surface area contributed by atoms with Gasteiger partial charge >= 0.3 is 0 Å². The lowest BCUT2D eigenvalue weighted by Crippen LogP contribution is -2.13. The zero-order valence-electron chi connectivity index (χ0n) is 13.7. The highest BCUT2D eigenvalue weighted by molar-refractivity contribution is 7.98. The summed E-state index contributed by atoms with van der Waals surface area (Å²) in [6.45, 7) is 1.93. The van der Waals surface area contributed by atoms with Crippen molar-refractivity contribution in [2.24, 2.45) is 0 Å². The maximum atomic E-state index is 12.7. The van der Waals surface area contributed by atoms with Gasteiger partial charge in [-0.1, -0.05) is 29.8 Å². The zero-order valence-corrected chi connectivity index (χ0v) is 15.3. The number of nitrogens with zero attached hydrogens (tertiary/aromatic N) is 1. The van der Waals surface area contributed by atoms with Gasteiger partial charge in [0.05, 0.1) is 5.56 Å². The summed E-state index contributed by atoms with van der Waals surface area (Å²) in [7, 11) is 0. The monoisotopic (exact) mass is 368 g/mol. The van der Waals surface area contributed by atoms with Gasteiger partial charge in [-0.05, 0) is 54.4 Å². The fraction of sp³-hybridized carbons (Fsp3) is 0.100. The van der Waals surface area contributed by atoms with Crippen LogP contribution in [0.1, 0.15) is 21.5 Å². The first-order valence-corrected chi connectivity index (χ1v) is 9.18. The fourth-order valence-electron chi connectivity index (χ4n) is 2.29. The molecule has 0 aliphatic carbocycles. The number of hydrogen-bond acceptors (Lipinski definition) is 3. The molecule has 1 amide bonds. The SMILES string of the molecule is Cc1ccc(NC(=O)c2ccccc2SCc2ccncc2)cc1Cl. The van der Waals surface area contributed by atoms with Gasteiger partial charge in [0, 0.05) is 33.8 Å². The minimum atomic E-state index is -0.141. The lowest BCUT2D eigenvalue weighted by atomic mass is 10.2. The van der Waals surface area contributed by atoms with E-state index in [2.05, 4.69) is 10.3 Å². The lowest BCUT2D eigenvalue weighted by molar-refractivity contribution is 0.102. The smallest absolute Gasteiger partial charge is 0.256 e. The molecule has 3 aromatic rings. The van der Waals surface area contributed by atoms with E-state index in [-0.39, 0.29) is 5.91 Å². The lowest BCUT2D eigenvalue weighted by Gasteiger charge is -2.11. The van der Waals surface area contributed by atoms with Gasteiger partial charge in [0.25, 0.3) is 5.91 Å². The molecule has 1 heterocycles. The first-order chi connectivity index (χ1) is 12.1. The third kappa shape index (κ3) is 4.62. The van der Waals surface area contributed by atoms with E-state index in [4.69, 9.17) is 11.6 Å². The quantitative estimate of drug-likeness (QED) is 0.597. The van der Waals surface area contributed by atoms with Crippen LogP contribution in [0.5, 0.6) is 0 Å². The van der Waals surface area contributed by atoms with Crippen molar-refractivity contribution < 1.29 is 4.79 Å². The molecule has 2 aromatic carbocycles. The number of halogens is 1. The highest BCUT2D eigenvalue weighted by Crippen LogP contribution is 2.27. The third-order valence-electron chi connectivity index (χ3n) is 3.71. The number of rotatable bonds is 5. The maximum Gasteiger partial charge on any atom is 0.256 e. The Morgan fingerprint density at radius 1 is 1.12 bits per heavy atom. The first kappa shape index (κ1) is 17.5. The number of thioether (sulfide) groups is 1. The van der Waals surface area contributed by atoms with Crippen molar-refractivity contribution in [1.29, 1.82) is 0 Å². The third-order valence-corrected chi connectivity index (χ3v) is 5.26. The van der Waals surface area contributed by atoms with Crippen molar-refractivity contribution in [1.82, 2.24) is 4.98 Å². The number of amides is 1. The molecule has 0 saturated heterocycles. The van der Waals surface area contributed by atoms with Crippen LogP contribution in [0.25, 0.3) is 0 Å². The molecule has 3 nitrogen and oxygen atoms in total. The number of nitrogens with one attached hydrogen (secondary N) is 1. The first-order valence-electron chi connectivity index (χ1n) is 7.82. The van der Waals surface area contributed by atoms with Gasteiger partial charge in [-0.3, -0.25) is 9.78 Å². The molecule has 0 atom stereocenters. The van der Waals surface area contributed by atoms with Gasteiger partial charge in [-0.25, -0.2) is 0 Å². The van der Waals surface area contributed by atoms with E-state index in [1.54, 1.807) is 30.2 Å². The predicted octanol–water partition coefficient (Wildman–Crippen LogP) is 5.59. The van der Waals surface area contributed by atoms with Crippen LogP contribution in [-0.4, -0.2) is 10.9 Å². The number of pyridine rings is 1. The van der Waals surface area contributed by atoms with Gasteiger partial charge in [0.15, 0.2) is 0 Å². The standard InChI is InChI=1S/C20H17ClN2OS/c1-14-6-7-16(12-18(14)21)23-20(24)17-4-2-3-5-19(17)25-13-15-8-10-22-11-9-15/h2-12H,13H2,1H3,(H,23,24). The minimum absolute atomic E-state index is 0.141. The molecule has 0 fully saturated rings. The number of hydrogen-bond donors (Lipinski definition) is 1. The van der Waals surface area contributed by atoms with E-state index in [9.17, 15) is 4.79 Å². The Kier molecular flexibility index (Phi) is 5.74. The molecular formula is C20H17ClN2OS. The molecule has 0 unspecified atom stereocenters. The summed E-state index contributed by atoms with van der Waals surface area (Å²) in [6, 6.07) is 17.1. The highest BCUT2D eigenvalue weighted by Gasteiger charge is 2.12. The van der Waals surface area contributed by atoms with E-state index in [1.807, 2.05) is 55.5 Å². The Balaban J connectivity index is 1.75. The Morgan fingerprint density at radius 2 is 1.88 bits per heavy atom. The average molecular weight is 369 g/mol. The Hall–Kier alpha value is -2.30. The predicted molar refractivity (Wildman–Crippen MR) is 104 cm³/mol. The summed E-state index contributed by atoms with van der Waals surface area (Å²) in [5.74, 6) is 0.640. The number of aromatic nitrogens is 1. The molecule has 0 spiro atoms. The summed E-state index contributed by atoms with van der Waals surface area (Å²) >= 11 is 7.76. The largest absolute Gasteiger partial charge is 0.322 e. The number of benzene rings is 2. The second-order valence-electron chi connectivity index (χ2n) is 5.56. The minimum Gasteiger partial charge on any atom is -0.322 e. The summed E-state index contributed by atoms with van der Waals surface area (Å²) in [6.07, 6.45) is 3.55. The second-order valence-corrected chi connectivity index (χ2v) is 6.98. The second kappa shape index (κ2) is 8.19. The molecule has 0 bridgehead atoms. The van der Waals surface area contributed by atoms with Crippen LogP contribution < -0.4 is 5.32 Å². The van der Waals surface area contributed by atoms with Crippen molar-refractivity contribution >= 4 is 35.0 Å². The summed E-state index contributed by atoms with van der Waals surface area (Å²) in [4.78, 5) is 17.6. The topological polar surface area (TPSA) is 42.0 Å². The van der Waals surface area contributed by atoms with Crippen LogP contribution >= 0.6 is 23.4 Å². The fourth-order valence-corrected chi connectivity index (χ4v) is 3.48. The Labute approximate surface area is 156 Å². The van der Waals surface area contributed by atoms with Crippen molar-refractivity contribution in [2.45, 2.75) is 17.6 Å². The molecule has 1 N–H and O–H groups in total. The summed E-state index contributed by atoms with van der Waals surface area (Å²) < 4.78 is 0. The van der Waals surface area contributed by atoms with E-state index in [0.717, 1.165) is 16.2 Å². The molecule has 1 aromatic heterocycles. The van der Waals surface area contributed by atoms with E-state index in [1.165, 1.54) is 5.56 Å². The molecule has 0 saturated carbocycles. The molecule has 126 valence electrons. The Bertz CT molecular complexity index is 884. The van der Waals surface area contributed by atoms with Gasteiger partial charge in [0.1, 0.15) is 0 Å². The molecule has 3 rings (SSSR count). The van der Waals surface area contributed by atoms with Crippen molar-refractivity contribution in [3.63, 3.8) is 0 Å². The van der Waals surface area contributed by atoms with Crippen LogP contribution in [0.2, 0.25) is 5.02 Å². The van der Waals surface area contributed by atoms with Crippen molar-refractivity contribution in [3.8, 4) is 0 Å². The van der Waals surface area contributed by atoms with Crippen LogP contribution in [-0.2, 0) is 5.75 Å². The summed E-state index contributed by atoms with van der Waals surface area (Å²) in [5.41, 5.74) is 3.49. The summed E-state index contributed by atoms with van der Waals surface area (Å²) in [5, 5.41) is 3.56. The molecular weight excluding hydrogens is 352 g/mol. The molecule has 0 radical (unpaired) electrons. The molecule has 0 aliphatic heterocycles. The highest BCUT2D eigenvalue weighted by atomic mass is 35.5. The number of aryl methyl sites for hydroxylation is 1. The Morgan fingerprint density at radius 3 is 2.64 bits per heavy atom. The van der Waals surface area contributed by atoms with E-state index in [0.29, 0.717) is 16.3 Å². The normalized spacial score (nSPS) is 10.5.